The largest absolute Gasteiger partial charge is 0.489 e. The van der Waals surface area contributed by atoms with Gasteiger partial charge in [0.05, 0.1) is 0 Å². The third-order valence-electron chi connectivity index (χ3n) is 4.20. The Morgan fingerprint density at radius 3 is 2.83 bits per heavy atom. The van der Waals surface area contributed by atoms with E-state index in [4.69, 9.17) is 16.3 Å². The SMILES string of the molecule is Clc1ccc(COc2cccc(CCNCC3CNC3)c2)c(Br)c1. The quantitative estimate of drug-likeness (QED) is 0.646. The second-order valence-electron chi connectivity index (χ2n) is 6.15. The molecule has 0 bridgehead atoms. The highest BCUT2D eigenvalue weighted by atomic mass is 79.9. The van der Waals surface area contributed by atoms with Crippen LogP contribution in [0.5, 0.6) is 5.75 Å². The molecule has 1 saturated heterocycles. The molecule has 0 atom stereocenters. The maximum absolute atomic E-state index is 5.97. The summed E-state index contributed by atoms with van der Waals surface area (Å²) >= 11 is 9.49. The molecule has 3 nitrogen and oxygen atoms in total. The standard InChI is InChI=1S/C19H22BrClN2O/c20-19-9-17(21)5-4-16(19)13-24-18-3-1-2-14(8-18)6-7-22-10-15-11-23-12-15/h1-5,8-9,15,22-23H,6-7,10-13H2. The Kier molecular flexibility index (Phi) is 6.55. The van der Waals surface area contributed by atoms with Gasteiger partial charge >= 0.3 is 0 Å². The number of nitrogens with one attached hydrogen (secondary N) is 2. The average Bonchev–Trinajstić information content (AvgIpc) is 2.52. The molecule has 2 aromatic carbocycles. The number of hydrogen-bond acceptors (Lipinski definition) is 3. The zero-order chi connectivity index (χ0) is 16.8. The van der Waals surface area contributed by atoms with Crippen molar-refractivity contribution in [3.05, 3.63) is 63.1 Å². The van der Waals surface area contributed by atoms with Gasteiger partial charge in [-0.3, -0.25) is 0 Å². The van der Waals surface area contributed by atoms with E-state index >= 15 is 0 Å². The van der Waals surface area contributed by atoms with Crippen molar-refractivity contribution in [3.8, 4) is 5.75 Å². The molecule has 1 aliphatic rings. The van der Waals surface area contributed by atoms with Crippen molar-refractivity contribution in [1.29, 1.82) is 0 Å². The lowest BCUT2D eigenvalue weighted by Crippen LogP contribution is -2.47. The summed E-state index contributed by atoms with van der Waals surface area (Å²) in [5.74, 6) is 1.70. The van der Waals surface area contributed by atoms with Crippen LogP contribution >= 0.6 is 27.5 Å². The fourth-order valence-corrected chi connectivity index (χ4v) is 3.42. The molecular formula is C19H22BrClN2O. The summed E-state index contributed by atoms with van der Waals surface area (Å²) in [5, 5.41) is 7.54. The second kappa shape index (κ2) is 8.86. The molecule has 0 unspecified atom stereocenters. The zero-order valence-corrected chi connectivity index (χ0v) is 15.9. The highest BCUT2D eigenvalue weighted by Gasteiger charge is 2.15. The third-order valence-corrected chi connectivity index (χ3v) is 5.17. The zero-order valence-electron chi connectivity index (χ0n) is 13.5. The Bertz CT molecular complexity index is 676. The molecule has 0 aliphatic carbocycles. The van der Waals surface area contributed by atoms with E-state index in [0.29, 0.717) is 6.61 Å². The molecule has 5 heteroatoms. The lowest BCUT2D eigenvalue weighted by Gasteiger charge is -2.27. The molecule has 0 aromatic heterocycles. The third kappa shape index (κ3) is 5.21. The van der Waals surface area contributed by atoms with Crippen LogP contribution in [0.15, 0.2) is 46.9 Å². The molecule has 128 valence electrons. The van der Waals surface area contributed by atoms with Gasteiger partial charge in [-0.25, -0.2) is 0 Å². The normalized spacial score (nSPS) is 14.4. The summed E-state index contributed by atoms with van der Waals surface area (Å²) in [4.78, 5) is 0. The van der Waals surface area contributed by atoms with E-state index < -0.39 is 0 Å². The van der Waals surface area contributed by atoms with Gasteiger partial charge in [0.25, 0.3) is 0 Å². The number of ether oxygens (including phenoxy) is 1. The molecule has 1 fully saturated rings. The molecule has 2 N–H and O–H groups in total. The molecule has 0 spiro atoms. The smallest absolute Gasteiger partial charge is 0.120 e. The Labute approximate surface area is 156 Å². The Morgan fingerprint density at radius 1 is 1.21 bits per heavy atom. The van der Waals surface area contributed by atoms with Crippen molar-refractivity contribution in [2.45, 2.75) is 13.0 Å². The monoisotopic (exact) mass is 408 g/mol. The molecule has 2 aromatic rings. The van der Waals surface area contributed by atoms with Crippen molar-refractivity contribution >= 4 is 27.5 Å². The molecule has 0 radical (unpaired) electrons. The first-order chi connectivity index (χ1) is 11.7. The van der Waals surface area contributed by atoms with Crippen LogP contribution in [0.1, 0.15) is 11.1 Å². The number of benzene rings is 2. The maximum atomic E-state index is 5.97. The highest BCUT2D eigenvalue weighted by molar-refractivity contribution is 9.10. The summed E-state index contributed by atoms with van der Waals surface area (Å²) < 4.78 is 6.90. The Balaban J connectivity index is 1.47. The number of halogens is 2. The van der Waals surface area contributed by atoms with Crippen LogP contribution in [-0.4, -0.2) is 26.2 Å². The lowest BCUT2D eigenvalue weighted by molar-refractivity contribution is 0.305. The topological polar surface area (TPSA) is 33.3 Å². The van der Waals surface area contributed by atoms with Crippen molar-refractivity contribution in [1.82, 2.24) is 10.6 Å². The van der Waals surface area contributed by atoms with E-state index in [-0.39, 0.29) is 0 Å². The van der Waals surface area contributed by atoms with Gasteiger partial charge in [0.15, 0.2) is 0 Å². The van der Waals surface area contributed by atoms with Crippen LogP contribution in [0.25, 0.3) is 0 Å². The first kappa shape index (κ1) is 17.7. The van der Waals surface area contributed by atoms with E-state index in [0.717, 1.165) is 59.3 Å². The fourth-order valence-electron chi connectivity index (χ4n) is 2.62. The average molecular weight is 410 g/mol. The van der Waals surface area contributed by atoms with Crippen LogP contribution in [0.2, 0.25) is 5.02 Å². The van der Waals surface area contributed by atoms with E-state index in [2.05, 4.69) is 44.8 Å². The van der Waals surface area contributed by atoms with Gasteiger partial charge in [-0.05, 0) is 48.7 Å². The Hall–Kier alpha value is -1.07. The van der Waals surface area contributed by atoms with Gasteiger partial charge in [-0.2, -0.15) is 0 Å². The van der Waals surface area contributed by atoms with Gasteiger partial charge < -0.3 is 15.4 Å². The van der Waals surface area contributed by atoms with E-state index in [9.17, 15) is 0 Å². The van der Waals surface area contributed by atoms with Crippen molar-refractivity contribution in [2.75, 3.05) is 26.2 Å². The Morgan fingerprint density at radius 2 is 2.08 bits per heavy atom. The van der Waals surface area contributed by atoms with Gasteiger partial charge in [0.2, 0.25) is 0 Å². The predicted molar refractivity (Wildman–Crippen MR) is 103 cm³/mol. The molecule has 1 heterocycles. The van der Waals surface area contributed by atoms with Gasteiger partial charge in [0.1, 0.15) is 12.4 Å². The van der Waals surface area contributed by atoms with Crippen molar-refractivity contribution in [2.24, 2.45) is 5.92 Å². The summed E-state index contributed by atoms with van der Waals surface area (Å²) in [7, 11) is 0. The van der Waals surface area contributed by atoms with E-state index in [1.165, 1.54) is 5.56 Å². The van der Waals surface area contributed by atoms with Crippen LogP contribution < -0.4 is 15.4 Å². The van der Waals surface area contributed by atoms with E-state index in [1.807, 2.05) is 24.3 Å². The first-order valence-electron chi connectivity index (χ1n) is 8.28. The predicted octanol–water partition coefficient (Wildman–Crippen LogP) is 4.03. The van der Waals surface area contributed by atoms with E-state index in [1.54, 1.807) is 0 Å². The number of rotatable bonds is 8. The molecular weight excluding hydrogens is 388 g/mol. The van der Waals surface area contributed by atoms with Gasteiger partial charge in [0, 0.05) is 34.7 Å². The van der Waals surface area contributed by atoms with Crippen LogP contribution in [-0.2, 0) is 13.0 Å². The minimum Gasteiger partial charge on any atom is -0.489 e. The highest BCUT2D eigenvalue weighted by Crippen LogP contribution is 2.23. The van der Waals surface area contributed by atoms with Crippen LogP contribution in [0, 0.1) is 5.92 Å². The molecule has 1 aliphatic heterocycles. The summed E-state index contributed by atoms with van der Waals surface area (Å²) in [6, 6.07) is 14.1. The minimum absolute atomic E-state index is 0.522. The van der Waals surface area contributed by atoms with Crippen LogP contribution in [0.3, 0.4) is 0 Å². The molecule has 0 saturated carbocycles. The molecule has 3 rings (SSSR count). The van der Waals surface area contributed by atoms with Crippen LogP contribution in [0.4, 0.5) is 0 Å². The molecule has 24 heavy (non-hydrogen) atoms. The number of hydrogen-bond donors (Lipinski definition) is 2. The molecule has 0 amide bonds. The fraction of sp³-hybridized carbons (Fsp3) is 0.368. The minimum atomic E-state index is 0.522. The van der Waals surface area contributed by atoms with Crippen molar-refractivity contribution in [3.63, 3.8) is 0 Å². The second-order valence-corrected chi connectivity index (χ2v) is 7.44. The summed E-state index contributed by atoms with van der Waals surface area (Å²) in [5.41, 5.74) is 2.38. The van der Waals surface area contributed by atoms with Gasteiger partial charge in [-0.15, -0.1) is 0 Å². The summed E-state index contributed by atoms with van der Waals surface area (Å²) in [6.07, 6.45) is 1.02. The summed E-state index contributed by atoms with van der Waals surface area (Å²) in [6.45, 7) is 4.93. The van der Waals surface area contributed by atoms with Crippen molar-refractivity contribution < 1.29 is 4.74 Å². The first-order valence-corrected chi connectivity index (χ1v) is 9.45. The lowest BCUT2D eigenvalue weighted by atomic mass is 10.0. The van der Waals surface area contributed by atoms with Gasteiger partial charge in [-0.1, -0.05) is 45.7 Å². The maximum Gasteiger partial charge on any atom is 0.120 e.